The summed E-state index contributed by atoms with van der Waals surface area (Å²) < 4.78 is 0. The van der Waals surface area contributed by atoms with E-state index < -0.39 is 29.8 Å². The van der Waals surface area contributed by atoms with E-state index in [4.69, 9.17) is 23.2 Å². The number of nitrogens with one attached hydrogen (secondary N) is 4. The molecule has 1 atom stereocenters. The van der Waals surface area contributed by atoms with Gasteiger partial charge in [0, 0.05) is 11.4 Å². The number of rotatable bonds is 6. The Labute approximate surface area is 147 Å². The minimum atomic E-state index is -0.734. The molecule has 1 fully saturated rings. The number of imide groups is 1. The zero-order valence-electron chi connectivity index (χ0n) is 12.3. The van der Waals surface area contributed by atoms with Crippen LogP contribution in [0.5, 0.6) is 0 Å². The van der Waals surface area contributed by atoms with Crippen molar-refractivity contribution in [1.29, 1.82) is 0 Å². The van der Waals surface area contributed by atoms with Gasteiger partial charge in [-0.3, -0.25) is 19.7 Å². The maximum atomic E-state index is 11.8. The van der Waals surface area contributed by atoms with E-state index in [9.17, 15) is 19.2 Å². The molecule has 0 bridgehead atoms. The van der Waals surface area contributed by atoms with Crippen LogP contribution < -0.4 is 21.3 Å². The second kappa shape index (κ2) is 7.98. The fourth-order valence-electron chi connectivity index (χ4n) is 1.99. The summed E-state index contributed by atoms with van der Waals surface area (Å²) in [6.07, 6.45) is 0.134. The van der Waals surface area contributed by atoms with E-state index in [1.807, 2.05) is 0 Å². The first-order chi connectivity index (χ1) is 11.3. The molecule has 5 amide bonds. The van der Waals surface area contributed by atoms with Crippen molar-refractivity contribution in [1.82, 2.24) is 16.0 Å². The van der Waals surface area contributed by atoms with Crippen LogP contribution in [-0.2, 0) is 14.4 Å². The van der Waals surface area contributed by atoms with Gasteiger partial charge in [0.2, 0.25) is 11.8 Å². The molecule has 2 rings (SSSR count). The molecular weight excluding hydrogens is 359 g/mol. The average molecular weight is 373 g/mol. The third-order valence-corrected chi connectivity index (χ3v) is 3.73. The smallest absolute Gasteiger partial charge is 0.322 e. The highest BCUT2D eigenvalue weighted by Crippen LogP contribution is 2.25. The normalized spacial score (nSPS) is 16.3. The Kier molecular flexibility index (Phi) is 5.99. The molecule has 1 heterocycles. The minimum Gasteiger partial charge on any atom is -0.347 e. The third-order valence-electron chi connectivity index (χ3n) is 3.17. The Morgan fingerprint density at radius 1 is 1.17 bits per heavy atom. The summed E-state index contributed by atoms with van der Waals surface area (Å²) in [6.45, 7) is -0.259. The Balaban J connectivity index is 1.73. The molecule has 0 radical (unpaired) electrons. The highest BCUT2D eigenvalue weighted by Gasteiger charge is 2.29. The molecule has 1 saturated heterocycles. The molecule has 128 valence electrons. The molecule has 10 heteroatoms. The van der Waals surface area contributed by atoms with Crippen LogP contribution in [0.1, 0.15) is 12.8 Å². The summed E-state index contributed by atoms with van der Waals surface area (Å²) in [4.78, 5) is 45.7. The van der Waals surface area contributed by atoms with E-state index in [0.29, 0.717) is 15.7 Å². The van der Waals surface area contributed by atoms with Crippen molar-refractivity contribution < 1.29 is 19.2 Å². The summed E-state index contributed by atoms with van der Waals surface area (Å²) >= 11 is 11.7. The second-order valence-electron chi connectivity index (χ2n) is 5.00. The van der Waals surface area contributed by atoms with Gasteiger partial charge in [-0.1, -0.05) is 23.2 Å². The zero-order chi connectivity index (χ0) is 17.7. The number of carbonyl (C=O) groups excluding carboxylic acids is 4. The first kappa shape index (κ1) is 18.0. The molecule has 1 aliphatic rings. The van der Waals surface area contributed by atoms with Crippen molar-refractivity contribution in [3.05, 3.63) is 28.2 Å². The van der Waals surface area contributed by atoms with Crippen LogP contribution in [0.3, 0.4) is 0 Å². The number of hydrogen-bond donors (Lipinski definition) is 4. The predicted octanol–water partition coefficient (Wildman–Crippen LogP) is 1.04. The lowest BCUT2D eigenvalue weighted by Crippen LogP contribution is -2.35. The zero-order valence-corrected chi connectivity index (χ0v) is 13.8. The van der Waals surface area contributed by atoms with Crippen molar-refractivity contribution >= 4 is 52.6 Å². The van der Waals surface area contributed by atoms with Crippen LogP contribution in [0.15, 0.2) is 18.2 Å². The van der Waals surface area contributed by atoms with Gasteiger partial charge in [0.05, 0.1) is 17.3 Å². The highest BCUT2D eigenvalue weighted by molar-refractivity contribution is 6.35. The van der Waals surface area contributed by atoms with E-state index in [-0.39, 0.29) is 19.4 Å². The fraction of sp³-hybridized carbons (Fsp3) is 0.286. The number of amides is 5. The van der Waals surface area contributed by atoms with E-state index >= 15 is 0 Å². The summed E-state index contributed by atoms with van der Waals surface area (Å²) in [6, 6.07) is 3.30. The monoisotopic (exact) mass is 372 g/mol. The van der Waals surface area contributed by atoms with Crippen LogP contribution in [0.4, 0.5) is 10.5 Å². The number of carbonyl (C=O) groups is 4. The van der Waals surface area contributed by atoms with Crippen LogP contribution in [-0.4, -0.2) is 36.3 Å². The Morgan fingerprint density at radius 3 is 2.58 bits per heavy atom. The molecule has 24 heavy (non-hydrogen) atoms. The third kappa shape index (κ3) is 5.10. The predicted molar refractivity (Wildman–Crippen MR) is 87.8 cm³/mol. The molecule has 4 N–H and O–H groups in total. The van der Waals surface area contributed by atoms with Gasteiger partial charge in [-0.25, -0.2) is 4.79 Å². The molecule has 0 unspecified atom stereocenters. The van der Waals surface area contributed by atoms with Gasteiger partial charge in [0.25, 0.3) is 5.91 Å². The number of benzene rings is 1. The van der Waals surface area contributed by atoms with Crippen LogP contribution in [0, 0.1) is 0 Å². The molecule has 0 saturated carbocycles. The van der Waals surface area contributed by atoms with E-state index in [0.717, 1.165) is 0 Å². The molecule has 8 nitrogen and oxygen atoms in total. The van der Waals surface area contributed by atoms with Crippen molar-refractivity contribution in [2.24, 2.45) is 0 Å². The minimum absolute atomic E-state index is 0.0103. The largest absolute Gasteiger partial charge is 0.347 e. The first-order valence-electron chi connectivity index (χ1n) is 6.98. The quantitative estimate of drug-likeness (QED) is 0.558. The SMILES string of the molecule is O=C(CC[C@H]1NC(=O)NC1=O)NCC(=O)Nc1cc(Cl)ccc1Cl. The van der Waals surface area contributed by atoms with Crippen molar-refractivity contribution in [3.8, 4) is 0 Å². The first-order valence-corrected chi connectivity index (χ1v) is 7.73. The van der Waals surface area contributed by atoms with Crippen LogP contribution in [0.2, 0.25) is 10.0 Å². The molecule has 1 aliphatic heterocycles. The number of hydrogen-bond acceptors (Lipinski definition) is 4. The lowest BCUT2D eigenvalue weighted by molar-refractivity contribution is -0.124. The average Bonchev–Trinajstić information content (AvgIpc) is 2.84. The lowest BCUT2D eigenvalue weighted by atomic mass is 10.1. The van der Waals surface area contributed by atoms with E-state index in [1.165, 1.54) is 6.07 Å². The number of halogens is 2. The van der Waals surface area contributed by atoms with Gasteiger partial charge in [0.1, 0.15) is 6.04 Å². The Morgan fingerprint density at radius 2 is 1.92 bits per heavy atom. The number of anilines is 1. The van der Waals surface area contributed by atoms with Gasteiger partial charge in [0.15, 0.2) is 0 Å². The van der Waals surface area contributed by atoms with Crippen LogP contribution in [0.25, 0.3) is 0 Å². The molecule has 0 spiro atoms. The molecular formula is C14H14Cl2N4O4. The molecule has 0 aromatic heterocycles. The highest BCUT2D eigenvalue weighted by atomic mass is 35.5. The standard InChI is InChI=1S/C14H14Cl2N4O4/c15-7-1-2-8(16)10(5-7)18-12(22)6-17-11(21)4-3-9-13(23)20-14(24)19-9/h1-2,5,9H,3-4,6H2,(H,17,21)(H,18,22)(H2,19,20,23,24)/t9-/m1/s1. The van der Waals surface area contributed by atoms with Gasteiger partial charge in [-0.2, -0.15) is 0 Å². The summed E-state index contributed by atoms with van der Waals surface area (Å²) in [7, 11) is 0. The fourth-order valence-corrected chi connectivity index (χ4v) is 2.33. The molecule has 0 aliphatic carbocycles. The summed E-state index contributed by atoms with van der Waals surface area (Å²) in [5.74, 6) is -1.36. The van der Waals surface area contributed by atoms with E-state index in [2.05, 4.69) is 21.3 Å². The van der Waals surface area contributed by atoms with Gasteiger partial charge < -0.3 is 16.0 Å². The van der Waals surface area contributed by atoms with Crippen molar-refractivity contribution in [2.75, 3.05) is 11.9 Å². The molecule has 1 aromatic rings. The Hall–Kier alpha value is -2.32. The maximum absolute atomic E-state index is 11.8. The van der Waals surface area contributed by atoms with Gasteiger partial charge in [-0.15, -0.1) is 0 Å². The van der Waals surface area contributed by atoms with Crippen molar-refractivity contribution in [3.63, 3.8) is 0 Å². The maximum Gasteiger partial charge on any atom is 0.322 e. The van der Waals surface area contributed by atoms with E-state index in [1.54, 1.807) is 12.1 Å². The summed E-state index contributed by atoms with van der Waals surface area (Å²) in [5.41, 5.74) is 0.341. The lowest BCUT2D eigenvalue weighted by Gasteiger charge is -2.10. The second-order valence-corrected chi connectivity index (χ2v) is 5.85. The Bertz CT molecular complexity index is 695. The van der Waals surface area contributed by atoms with Crippen LogP contribution >= 0.6 is 23.2 Å². The summed E-state index contributed by atoms with van der Waals surface area (Å²) in [5, 5.41) is 10.1. The van der Waals surface area contributed by atoms with Crippen molar-refractivity contribution in [2.45, 2.75) is 18.9 Å². The molecule has 1 aromatic carbocycles. The van der Waals surface area contributed by atoms with Gasteiger partial charge in [-0.05, 0) is 24.6 Å². The number of urea groups is 1. The van der Waals surface area contributed by atoms with Gasteiger partial charge >= 0.3 is 6.03 Å². The topological polar surface area (TPSA) is 116 Å².